The Balaban J connectivity index is 0.000000292. The van der Waals surface area contributed by atoms with E-state index in [0.29, 0.717) is 11.6 Å². The number of hydrogen-bond acceptors (Lipinski definition) is 7. The van der Waals surface area contributed by atoms with Gasteiger partial charge in [-0.25, -0.2) is 9.97 Å². The summed E-state index contributed by atoms with van der Waals surface area (Å²) in [6, 6.07) is 10.9. The molecule has 0 saturated heterocycles. The van der Waals surface area contributed by atoms with Crippen LogP contribution in [-0.4, -0.2) is 40.0 Å². The highest BCUT2D eigenvalue weighted by Gasteiger charge is 2.01. The van der Waals surface area contributed by atoms with Crippen LogP contribution >= 0.6 is 0 Å². The molecule has 0 bridgehead atoms. The molecule has 0 spiro atoms. The second-order valence-corrected chi connectivity index (χ2v) is 4.65. The first-order valence-corrected chi connectivity index (χ1v) is 6.93. The third kappa shape index (κ3) is 5.22. The quantitative estimate of drug-likeness (QED) is 0.359. The Morgan fingerprint density at radius 1 is 0.692 bits per heavy atom. The normalized spacial score (nSPS) is 9.23. The minimum absolute atomic E-state index is 0. The number of anilines is 2. The average Bonchev–Trinajstić information content (AvgIpc) is 3.29. The number of nitrogens with zero attached hydrogens (tertiary/aromatic N) is 7. The Labute approximate surface area is 154 Å². The predicted octanol–water partition coefficient (Wildman–Crippen LogP) is -3.91. The van der Waals surface area contributed by atoms with Gasteiger partial charge in [-0.05, 0) is 18.2 Å². The summed E-state index contributed by atoms with van der Waals surface area (Å²) < 4.78 is 3.46. The maximum atomic E-state index is 5.32. The lowest BCUT2D eigenvalue weighted by Crippen LogP contribution is -3.00. The first-order valence-electron chi connectivity index (χ1n) is 6.93. The highest BCUT2D eigenvalue weighted by atomic mass is 35.5. The van der Waals surface area contributed by atoms with Crippen molar-refractivity contribution in [3.05, 3.63) is 61.7 Å². The van der Waals surface area contributed by atoms with Crippen LogP contribution in [0.4, 0.5) is 11.6 Å². The number of aromatic nitrogens is 8. The number of rotatable bonds is 2. The van der Waals surface area contributed by atoms with Gasteiger partial charge in [0.15, 0.2) is 0 Å². The molecular formula is C14H17ClN10O. The second kappa shape index (κ2) is 9.66. The Morgan fingerprint density at radius 3 is 1.42 bits per heavy atom. The van der Waals surface area contributed by atoms with Gasteiger partial charge in [-0.2, -0.15) is 0 Å². The molecule has 7 N–H and O–H groups in total. The lowest BCUT2D eigenvalue weighted by atomic mass is 10.4. The number of pyridine rings is 2. The molecule has 4 heterocycles. The van der Waals surface area contributed by atoms with Gasteiger partial charge in [-0.3, -0.25) is 9.13 Å². The van der Waals surface area contributed by atoms with Crippen LogP contribution in [0.3, 0.4) is 0 Å². The lowest BCUT2D eigenvalue weighted by Gasteiger charge is -2.03. The molecule has 26 heavy (non-hydrogen) atoms. The van der Waals surface area contributed by atoms with Crippen LogP contribution in [0.2, 0.25) is 0 Å². The van der Waals surface area contributed by atoms with Gasteiger partial charge in [0.1, 0.15) is 36.9 Å². The fourth-order valence-electron chi connectivity index (χ4n) is 1.84. The molecule has 0 saturated carbocycles. The van der Waals surface area contributed by atoms with Gasteiger partial charge in [0, 0.05) is 12.1 Å². The lowest BCUT2D eigenvalue weighted by molar-refractivity contribution is -0.342. The molecule has 0 aliphatic heterocycles. The van der Waals surface area contributed by atoms with E-state index in [-0.39, 0.29) is 17.9 Å². The zero-order valence-corrected chi connectivity index (χ0v) is 14.2. The van der Waals surface area contributed by atoms with Crippen LogP contribution in [-0.2, 0) is 0 Å². The smallest absolute Gasteiger partial charge is 0.216 e. The third-order valence-electron chi connectivity index (χ3n) is 2.93. The Hall–Kier alpha value is -3.57. The maximum absolute atomic E-state index is 5.32. The minimum Gasteiger partial charge on any atom is -1.00 e. The van der Waals surface area contributed by atoms with E-state index in [1.165, 1.54) is 0 Å². The van der Waals surface area contributed by atoms with Crippen LogP contribution in [0.25, 0.3) is 11.6 Å². The summed E-state index contributed by atoms with van der Waals surface area (Å²) in [5.41, 5.74) is 10.6. The van der Waals surface area contributed by atoms with Crippen molar-refractivity contribution in [3.63, 3.8) is 0 Å². The second-order valence-electron chi connectivity index (χ2n) is 4.65. The van der Waals surface area contributed by atoms with E-state index in [4.69, 9.17) is 11.5 Å². The van der Waals surface area contributed by atoms with E-state index in [2.05, 4.69) is 30.4 Å². The van der Waals surface area contributed by atoms with E-state index < -0.39 is 0 Å². The molecule has 0 fully saturated rings. The van der Waals surface area contributed by atoms with Crippen LogP contribution < -0.4 is 28.9 Å². The standard InChI is InChI=1S/C9H7N7.C5H7N3.ClH.H2O/c1-2-8(15-4-10-11-5-15)14-9(3-1)16-6-12-13-7-16;6-4-2-1-3-5(7)8-4;;/h1-7H;1-3H,(H4,6,7,8);1H;1H2. The SMILES string of the molecule is Nc1cccc(N)[nH+]1.O.[Cl-].c1cc(-n2cnnc2)nc(-n2cnnc2)c1. The summed E-state index contributed by atoms with van der Waals surface area (Å²) in [7, 11) is 0. The highest BCUT2D eigenvalue weighted by Crippen LogP contribution is 2.07. The molecule has 0 amide bonds. The predicted molar refractivity (Wildman–Crippen MR) is 89.5 cm³/mol. The summed E-state index contributed by atoms with van der Waals surface area (Å²) in [4.78, 5) is 7.15. The molecule has 0 aromatic carbocycles. The molecule has 12 heteroatoms. The first-order chi connectivity index (χ1) is 11.7. The van der Waals surface area contributed by atoms with Gasteiger partial charge in [0.05, 0.1) is 0 Å². The number of halogens is 1. The van der Waals surface area contributed by atoms with Crippen molar-refractivity contribution in [2.75, 3.05) is 11.5 Å². The molecular weight excluding hydrogens is 360 g/mol. The zero-order valence-electron chi connectivity index (χ0n) is 13.4. The average molecular weight is 377 g/mol. The Bertz CT molecular complexity index is 831. The number of H-pyrrole nitrogens is 1. The molecule has 4 rings (SSSR count). The number of nitrogens with two attached hydrogens (primary N) is 2. The number of nitrogens with one attached hydrogen (secondary N) is 1. The molecule has 0 radical (unpaired) electrons. The van der Waals surface area contributed by atoms with Gasteiger partial charge in [-0.15, -0.1) is 20.4 Å². The van der Waals surface area contributed by atoms with Crippen molar-refractivity contribution < 1.29 is 22.9 Å². The molecule has 11 nitrogen and oxygen atoms in total. The topological polar surface area (TPSA) is 172 Å². The van der Waals surface area contributed by atoms with Crippen LogP contribution in [0.15, 0.2) is 61.7 Å². The molecule has 4 aromatic heterocycles. The van der Waals surface area contributed by atoms with E-state index in [1.807, 2.05) is 18.2 Å². The summed E-state index contributed by atoms with van der Waals surface area (Å²) >= 11 is 0. The Kier molecular flexibility index (Phi) is 7.61. The fourth-order valence-corrected chi connectivity index (χ4v) is 1.84. The molecule has 136 valence electrons. The van der Waals surface area contributed by atoms with Crippen LogP contribution in [0, 0.1) is 0 Å². The largest absolute Gasteiger partial charge is 1.00 e. The van der Waals surface area contributed by atoms with E-state index in [0.717, 1.165) is 11.6 Å². The first kappa shape index (κ1) is 20.5. The number of nitrogen functional groups attached to an aromatic ring is 2. The Morgan fingerprint density at radius 2 is 1.08 bits per heavy atom. The van der Waals surface area contributed by atoms with Crippen LogP contribution in [0.1, 0.15) is 0 Å². The van der Waals surface area contributed by atoms with Crippen molar-refractivity contribution >= 4 is 11.6 Å². The van der Waals surface area contributed by atoms with Gasteiger partial charge in [-0.1, -0.05) is 6.07 Å². The molecule has 0 atom stereocenters. The van der Waals surface area contributed by atoms with Gasteiger partial charge in [0.2, 0.25) is 11.6 Å². The monoisotopic (exact) mass is 376 g/mol. The third-order valence-corrected chi connectivity index (χ3v) is 2.93. The summed E-state index contributed by atoms with van der Waals surface area (Å²) in [5.74, 6) is 2.67. The van der Waals surface area contributed by atoms with E-state index in [9.17, 15) is 0 Å². The van der Waals surface area contributed by atoms with E-state index in [1.54, 1.807) is 52.6 Å². The molecule has 4 aromatic rings. The van der Waals surface area contributed by atoms with Crippen molar-refractivity contribution in [1.82, 2.24) is 34.5 Å². The van der Waals surface area contributed by atoms with Gasteiger partial charge < -0.3 is 29.4 Å². The zero-order chi connectivity index (χ0) is 16.8. The van der Waals surface area contributed by atoms with Crippen LogP contribution in [0.5, 0.6) is 0 Å². The van der Waals surface area contributed by atoms with Crippen molar-refractivity contribution in [2.45, 2.75) is 0 Å². The molecule has 0 aliphatic rings. The summed E-state index contributed by atoms with van der Waals surface area (Å²) in [6.07, 6.45) is 6.38. The minimum atomic E-state index is 0. The van der Waals surface area contributed by atoms with Crippen molar-refractivity contribution in [1.29, 1.82) is 0 Å². The molecule has 0 aliphatic carbocycles. The molecule has 0 unspecified atom stereocenters. The summed E-state index contributed by atoms with van der Waals surface area (Å²) in [5, 5.41) is 14.9. The maximum Gasteiger partial charge on any atom is 0.216 e. The van der Waals surface area contributed by atoms with Gasteiger partial charge >= 0.3 is 0 Å². The van der Waals surface area contributed by atoms with E-state index >= 15 is 0 Å². The number of hydrogen-bond donors (Lipinski definition) is 2. The van der Waals surface area contributed by atoms with Gasteiger partial charge in [0.25, 0.3) is 0 Å². The van der Waals surface area contributed by atoms with Crippen molar-refractivity contribution in [3.8, 4) is 11.6 Å². The highest BCUT2D eigenvalue weighted by molar-refractivity contribution is 5.31. The fraction of sp³-hybridized carbons (Fsp3) is 0. The van der Waals surface area contributed by atoms with Crippen molar-refractivity contribution in [2.24, 2.45) is 0 Å². The summed E-state index contributed by atoms with van der Waals surface area (Å²) in [6.45, 7) is 0. The number of aromatic amines is 1.